The van der Waals surface area contributed by atoms with Gasteiger partial charge in [-0.2, -0.15) is 8.78 Å². The van der Waals surface area contributed by atoms with Gasteiger partial charge in [-0.1, -0.05) is 13.0 Å². The maximum atomic E-state index is 12.3. The largest absolute Gasteiger partial charge is 0.380 e. The van der Waals surface area contributed by atoms with E-state index in [9.17, 15) is 13.6 Å². The molecule has 2 nitrogen and oxygen atoms in total. The Hall–Kier alpha value is -1.03. The molecule has 0 unspecified atom stereocenters. The first-order chi connectivity index (χ1) is 6.93. The van der Waals surface area contributed by atoms with Crippen LogP contribution in [-0.2, 0) is 17.6 Å². The molecule has 0 radical (unpaired) electrons. The van der Waals surface area contributed by atoms with Crippen LogP contribution in [0.2, 0.25) is 0 Å². The molecular weight excluding hydrogens is 224 g/mol. The number of carbonyl (C=O) groups excluding carboxylic acids is 1. The molecule has 82 valence electrons. The van der Waals surface area contributed by atoms with Crippen LogP contribution in [-0.4, -0.2) is 16.1 Å². The highest BCUT2D eigenvalue weighted by Crippen LogP contribution is 2.21. The van der Waals surface area contributed by atoms with Crippen LogP contribution in [0.4, 0.5) is 8.78 Å². The summed E-state index contributed by atoms with van der Waals surface area (Å²) in [6.45, 7) is 1.95. The summed E-state index contributed by atoms with van der Waals surface area (Å²) in [6.07, 6.45) is 1.93. The molecule has 0 bridgehead atoms. The van der Waals surface area contributed by atoms with Gasteiger partial charge in [0.05, 0.1) is 6.42 Å². The standard InChI is InChI=1S/C10H10ClF2NO/c1-2-7-3-4-8(14-6-7)5-9(15)10(11,12)13/h3-4,6H,2,5H2,1H3. The van der Waals surface area contributed by atoms with Crippen molar-refractivity contribution in [1.82, 2.24) is 4.98 Å². The van der Waals surface area contributed by atoms with Gasteiger partial charge in [-0.25, -0.2) is 0 Å². The molecule has 0 aromatic carbocycles. The average molecular weight is 234 g/mol. The Kier molecular flexibility index (Phi) is 3.74. The number of halogens is 3. The van der Waals surface area contributed by atoms with Crippen LogP contribution < -0.4 is 0 Å². The number of hydrogen-bond acceptors (Lipinski definition) is 2. The highest BCUT2D eigenvalue weighted by atomic mass is 35.5. The van der Waals surface area contributed by atoms with Crippen molar-refractivity contribution in [3.63, 3.8) is 0 Å². The van der Waals surface area contributed by atoms with Crippen LogP contribution >= 0.6 is 11.6 Å². The predicted octanol–water partition coefficient (Wildman–Crippen LogP) is 2.59. The zero-order chi connectivity index (χ0) is 11.5. The smallest absolute Gasteiger partial charge is 0.291 e. The molecule has 1 aromatic rings. The molecule has 5 heteroatoms. The maximum absolute atomic E-state index is 12.3. The zero-order valence-corrected chi connectivity index (χ0v) is 8.89. The molecule has 0 amide bonds. The molecule has 0 spiro atoms. The Morgan fingerprint density at radius 1 is 1.53 bits per heavy atom. The molecule has 0 atom stereocenters. The first kappa shape index (κ1) is 12.0. The summed E-state index contributed by atoms with van der Waals surface area (Å²) in [6, 6.07) is 3.31. The highest BCUT2D eigenvalue weighted by Gasteiger charge is 2.35. The molecule has 1 rings (SSSR count). The second-order valence-electron chi connectivity index (χ2n) is 3.11. The lowest BCUT2D eigenvalue weighted by Gasteiger charge is -2.06. The third-order valence-corrected chi connectivity index (χ3v) is 2.16. The maximum Gasteiger partial charge on any atom is 0.380 e. The molecule has 0 N–H and O–H groups in total. The number of alkyl halides is 3. The third kappa shape index (κ3) is 3.55. The fourth-order valence-corrected chi connectivity index (χ4v) is 1.10. The molecule has 0 aliphatic carbocycles. The first-order valence-corrected chi connectivity index (χ1v) is 4.85. The number of aryl methyl sites for hydroxylation is 1. The molecular formula is C10H10ClF2NO. The van der Waals surface area contributed by atoms with Crippen LogP contribution in [0.15, 0.2) is 18.3 Å². The van der Waals surface area contributed by atoms with Gasteiger partial charge < -0.3 is 0 Å². The summed E-state index contributed by atoms with van der Waals surface area (Å²) < 4.78 is 24.7. The third-order valence-electron chi connectivity index (χ3n) is 1.95. The highest BCUT2D eigenvalue weighted by molar-refractivity contribution is 6.32. The van der Waals surface area contributed by atoms with Gasteiger partial charge in [-0.05, 0) is 29.7 Å². The van der Waals surface area contributed by atoms with Crippen molar-refractivity contribution in [3.8, 4) is 0 Å². The van der Waals surface area contributed by atoms with Gasteiger partial charge in [0.2, 0.25) is 5.78 Å². The summed E-state index contributed by atoms with van der Waals surface area (Å²) in [5, 5.41) is -3.80. The lowest BCUT2D eigenvalue weighted by atomic mass is 10.1. The molecule has 15 heavy (non-hydrogen) atoms. The zero-order valence-electron chi connectivity index (χ0n) is 8.14. The van der Waals surface area contributed by atoms with Gasteiger partial charge in [0.15, 0.2) is 0 Å². The molecule has 0 aliphatic rings. The van der Waals surface area contributed by atoms with Gasteiger partial charge >= 0.3 is 5.38 Å². The molecule has 0 saturated carbocycles. The second kappa shape index (κ2) is 4.66. The minimum atomic E-state index is -3.80. The van der Waals surface area contributed by atoms with E-state index in [4.69, 9.17) is 0 Å². The summed E-state index contributed by atoms with van der Waals surface area (Å²) in [5.41, 5.74) is 1.29. The Balaban J connectivity index is 2.70. The van der Waals surface area contributed by atoms with E-state index < -0.39 is 17.6 Å². The van der Waals surface area contributed by atoms with Gasteiger partial charge in [0.25, 0.3) is 0 Å². The van der Waals surface area contributed by atoms with Crippen LogP contribution in [0.25, 0.3) is 0 Å². The predicted molar refractivity (Wildman–Crippen MR) is 53.1 cm³/mol. The Morgan fingerprint density at radius 3 is 2.60 bits per heavy atom. The van der Waals surface area contributed by atoms with E-state index in [-0.39, 0.29) is 0 Å². The van der Waals surface area contributed by atoms with Crippen molar-refractivity contribution >= 4 is 17.4 Å². The number of hydrogen-bond donors (Lipinski definition) is 0. The number of ketones is 1. The monoisotopic (exact) mass is 233 g/mol. The normalized spacial score (nSPS) is 11.5. The van der Waals surface area contributed by atoms with E-state index in [0.717, 1.165) is 12.0 Å². The van der Waals surface area contributed by atoms with Gasteiger partial charge in [0.1, 0.15) is 0 Å². The van der Waals surface area contributed by atoms with E-state index in [1.54, 1.807) is 18.3 Å². The van der Waals surface area contributed by atoms with Crippen LogP contribution in [0.5, 0.6) is 0 Å². The quantitative estimate of drug-likeness (QED) is 0.749. The number of rotatable bonds is 4. The van der Waals surface area contributed by atoms with Crippen LogP contribution in [0, 0.1) is 0 Å². The summed E-state index contributed by atoms with van der Waals surface area (Å²) >= 11 is 4.58. The minimum Gasteiger partial charge on any atom is -0.291 e. The number of Topliss-reactive ketones (excluding diaryl/α,β-unsaturated/α-hetero) is 1. The fraction of sp³-hybridized carbons (Fsp3) is 0.400. The Bertz CT molecular complexity index is 345. The molecule has 0 saturated heterocycles. The second-order valence-corrected chi connectivity index (χ2v) is 3.58. The van der Waals surface area contributed by atoms with Gasteiger partial charge in [-0.3, -0.25) is 9.78 Å². The summed E-state index contributed by atoms with van der Waals surface area (Å²) in [4.78, 5) is 14.8. The fourth-order valence-electron chi connectivity index (χ4n) is 1.03. The topological polar surface area (TPSA) is 30.0 Å². The first-order valence-electron chi connectivity index (χ1n) is 4.47. The number of carbonyl (C=O) groups is 1. The SMILES string of the molecule is CCc1ccc(CC(=O)C(F)(F)Cl)nc1. The average Bonchev–Trinajstić information content (AvgIpc) is 2.17. The van der Waals surface area contributed by atoms with E-state index in [0.29, 0.717) is 5.69 Å². The summed E-state index contributed by atoms with van der Waals surface area (Å²) in [7, 11) is 0. The number of pyridine rings is 1. The van der Waals surface area contributed by atoms with Crippen molar-refractivity contribution in [1.29, 1.82) is 0 Å². The molecule has 1 heterocycles. The lowest BCUT2D eigenvalue weighted by Crippen LogP contribution is -2.23. The molecule has 0 aliphatic heterocycles. The Labute approximate surface area is 91.3 Å². The number of aromatic nitrogens is 1. The van der Waals surface area contributed by atoms with Crippen molar-refractivity contribution < 1.29 is 13.6 Å². The minimum absolute atomic E-state index is 0.303. The van der Waals surface area contributed by atoms with Crippen molar-refractivity contribution in [3.05, 3.63) is 29.6 Å². The van der Waals surface area contributed by atoms with E-state index in [1.807, 2.05) is 6.92 Å². The number of nitrogens with zero attached hydrogens (tertiary/aromatic N) is 1. The van der Waals surface area contributed by atoms with Crippen molar-refractivity contribution in [2.45, 2.75) is 25.1 Å². The molecule has 1 aromatic heterocycles. The van der Waals surface area contributed by atoms with Crippen molar-refractivity contribution in [2.75, 3.05) is 0 Å². The van der Waals surface area contributed by atoms with Gasteiger partial charge in [-0.15, -0.1) is 0 Å². The van der Waals surface area contributed by atoms with E-state index >= 15 is 0 Å². The van der Waals surface area contributed by atoms with Crippen LogP contribution in [0.3, 0.4) is 0 Å². The van der Waals surface area contributed by atoms with Crippen molar-refractivity contribution in [2.24, 2.45) is 0 Å². The van der Waals surface area contributed by atoms with Crippen LogP contribution in [0.1, 0.15) is 18.2 Å². The summed E-state index contributed by atoms with van der Waals surface area (Å²) in [5.74, 6) is -1.33. The molecule has 0 fully saturated rings. The van der Waals surface area contributed by atoms with E-state index in [1.165, 1.54) is 0 Å². The van der Waals surface area contributed by atoms with E-state index in [2.05, 4.69) is 16.6 Å². The Morgan fingerprint density at radius 2 is 2.20 bits per heavy atom. The lowest BCUT2D eigenvalue weighted by molar-refractivity contribution is -0.132. The van der Waals surface area contributed by atoms with Gasteiger partial charge in [0, 0.05) is 11.9 Å².